The van der Waals surface area contributed by atoms with Gasteiger partial charge in [0.1, 0.15) is 5.56 Å². The second kappa shape index (κ2) is 7.82. The third-order valence-electron chi connectivity index (χ3n) is 4.18. The summed E-state index contributed by atoms with van der Waals surface area (Å²) < 4.78 is 0.964. The van der Waals surface area contributed by atoms with Crippen LogP contribution in [0.5, 0.6) is 0 Å². The van der Waals surface area contributed by atoms with Crippen LogP contribution in [0, 0.1) is 0 Å². The van der Waals surface area contributed by atoms with Gasteiger partial charge in [0.2, 0.25) is 0 Å². The lowest BCUT2D eigenvalue weighted by Crippen LogP contribution is -2.39. The minimum atomic E-state index is -0.663. The third kappa shape index (κ3) is 4.03. The Morgan fingerprint density at radius 3 is 2.59 bits per heavy atom. The van der Waals surface area contributed by atoms with Crippen molar-refractivity contribution in [2.45, 2.75) is 26.3 Å². The average Bonchev–Trinajstić information content (AvgIpc) is 2.66. The molecule has 138 valence electrons. The minimum absolute atomic E-state index is 0.0152. The van der Waals surface area contributed by atoms with Gasteiger partial charge in [-0.2, -0.15) is 0 Å². The largest absolute Gasteiger partial charge is 0.328 e. The van der Waals surface area contributed by atoms with Gasteiger partial charge < -0.3 is 10.3 Å². The van der Waals surface area contributed by atoms with Gasteiger partial charge in [-0.3, -0.25) is 19.1 Å². The van der Waals surface area contributed by atoms with E-state index in [0.29, 0.717) is 11.4 Å². The van der Waals surface area contributed by atoms with Crippen molar-refractivity contribution in [3.63, 3.8) is 0 Å². The number of hydrogen-bond donors (Lipinski definition) is 2. The average molecular weight is 364 g/mol. The fourth-order valence-corrected chi connectivity index (χ4v) is 2.78. The van der Waals surface area contributed by atoms with E-state index in [0.717, 1.165) is 16.3 Å². The first-order chi connectivity index (χ1) is 13.0. The van der Waals surface area contributed by atoms with Crippen molar-refractivity contribution >= 4 is 11.6 Å². The molecule has 0 saturated carbocycles. The van der Waals surface area contributed by atoms with Crippen molar-refractivity contribution < 1.29 is 4.79 Å². The molecule has 0 aliphatic heterocycles. The van der Waals surface area contributed by atoms with Crippen molar-refractivity contribution in [3.8, 4) is 0 Å². The number of carbonyl (C=O) groups is 1. The quantitative estimate of drug-likeness (QED) is 0.726. The predicted molar refractivity (Wildman–Crippen MR) is 103 cm³/mol. The Labute approximate surface area is 155 Å². The summed E-state index contributed by atoms with van der Waals surface area (Å²) in [6.07, 6.45) is 2.72. The smallest absolute Gasteiger partial charge is 0.322 e. The summed E-state index contributed by atoms with van der Waals surface area (Å²) in [5.41, 5.74) is 0.758. The Morgan fingerprint density at radius 1 is 1.15 bits per heavy atom. The number of nitrogens with one attached hydrogen (secondary N) is 2. The molecule has 0 saturated heterocycles. The molecule has 0 spiro atoms. The molecule has 2 heterocycles. The highest BCUT2D eigenvalue weighted by molar-refractivity contribution is 6.04. The highest BCUT2D eigenvalue weighted by Crippen LogP contribution is 2.23. The number of aromatic nitrogens is 3. The summed E-state index contributed by atoms with van der Waals surface area (Å²) in [6, 6.07) is 12.6. The van der Waals surface area contributed by atoms with Crippen LogP contribution in [-0.2, 0) is 6.54 Å². The van der Waals surface area contributed by atoms with Crippen molar-refractivity contribution in [2.75, 3.05) is 5.32 Å². The minimum Gasteiger partial charge on any atom is -0.322 e. The molecule has 1 amide bonds. The number of para-hydroxylation sites is 1. The highest BCUT2D eigenvalue weighted by atomic mass is 16.2. The highest BCUT2D eigenvalue weighted by Gasteiger charge is 2.17. The van der Waals surface area contributed by atoms with Crippen molar-refractivity contribution in [2.24, 2.45) is 0 Å². The summed E-state index contributed by atoms with van der Waals surface area (Å²) in [4.78, 5) is 44.0. The van der Waals surface area contributed by atoms with E-state index in [2.05, 4.69) is 15.3 Å². The van der Waals surface area contributed by atoms with E-state index < -0.39 is 17.2 Å². The topological polar surface area (TPSA) is 96.8 Å². The van der Waals surface area contributed by atoms with E-state index in [1.54, 1.807) is 30.5 Å². The van der Waals surface area contributed by atoms with E-state index in [1.165, 1.54) is 0 Å². The first-order valence-corrected chi connectivity index (χ1v) is 8.60. The van der Waals surface area contributed by atoms with Gasteiger partial charge in [-0.05, 0) is 29.7 Å². The first kappa shape index (κ1) is 18.3. The number of rotatable bonds is 5. The lowest BCUT2D eigenvalue weighted by molar-refractivity contribution is 0.102. The van der Waals surface area contributed by atoms with E-state index >= 15 is 0 Å². The molecule has 2 aromatic heterocycles. The molecule has 0 unspecified atom stereocenters. The first-order valence-electron chi connectivity index (χ1n) is 8.60. The normalized spacial score (nSPS) is 10.8. The zero-order valence-corrected chi connectivity index (χ0v) is 15.1. The maximum Gasteiger partial charge on any atom is 0.328 e. The molecule has 0 aliphatic carbocycles. The van der Waals surface area contributed by atoms with Gasteiger partial charge in [-0.25, -0.2) is 4.79 Å². The second-order valence-electron chi connectivity index (χ2n) is 6.42. The number of hydrogen-bond acceptors (Lipinski definition) is 4. The number of carbonyl (C=O) groups excluding carboxylic acids is 1. The summed E-state index contributed by atoms with van der Waals surface area (Å²) in [6.45, 7) is 4.02. The summed E-state index contributed by atoms with van der Waals surface area (Å²) in [7, 11) is 0. The zero-order chi connectivity index (χ0) is 19.4. The van der Waals surface area contributed by atoms with Gasteiger partial charge in [0.05, 0.1) is 12.2 Å². The Kier molecular flexibility index (Phi) is 5.30. The van der Waals surface area contributed by atoms with Crippen molar-refractivity contribution in [1.82, 2.24) is 14.5 Å². The second-order valence-corrected chi connectivity index (χ2v) is 6.42. The summed E-state index contributed by atoms with van der Waals surface area (Å²) >= 11 is 0. The van der Waals surface area contributed by atoms with Crippen LogP contribution in [0.1, 0.15) is 41.4 Å². The summed E-state index contributed by atoms with van der Waals surface area (Å²) in [5.74, 6) is -0.364. The molecule has 0 atom stereocenters. The van der Waals surface area contributed by atoms with Crippen LogP contribution in [0.25, 0.3) is 0 Å². The Hall–Kier alpha value is -3.48. The summed E-state index contributed by atoms with van der Waals surface area (Å²) in [5, 5.41) is 2.77. The van der Waals surface area contributed by atoms with Crippen LogP contribution in [0.15, 0.2) is 64.4 Å². The molecular weight excluding hydrogens is 344 g/mol. The molecule has 7 heteroatoms. The number of benzene rings is 1. The molecule has 0 radical (unpaired) electrons. The Balaban J connectivity index is 1.94. The van der Waals surface area contributed by atoms with Crippen LogP contribution in [0.2, 0.25) is 0 Å². The van der Waals surface area contributed by atoms with Gasteiger partial charge in [0.15, 0.2) is 0 Å². The molecule has 1 aromatic carbocycles. The number of amides is 1. The molecule has 3 rings (SSSR count). The van der Waals surface area contributed by atoms with Gasteiger partial charge in [0, 0.05) is 18.1 Å². The van der Waals surface area contributed by atoms with Crippen molar-refractivity contribution in [3.05, 3.63) is 92.5 Å². The molecule has 0 aliphatic rings. The maximum absolute atomic E-state index is 12.7. The lowest BCUT2D eigenvalue weighted by Gasteiger charge is -2.13. The molecule has 7 nitrogen and oxygen atoms in total. The van der Waals surface area contributed by atoms with E-state index in [-0.39, 0.29) is 18.0 Å². The SMILES string of the molecule is CC(C)c1ccccc1NC(=O)c1c[nH]c(=O)n(Cc2ccccn2)c1=O. The number of H-pyrrole nitrogens is 1. The monoisotopic (exact) mass is 364 g/mol. The number of pyridine rings is 1. The molecule has 2 N–H and O–H groups in total. The van der Waals surface area contributed by atoms with Crippen LogP contribution < -0.4 is 16.6 Å². The van der Waals surface area contributed by atoms with Gasteiger partial charge in [0.25, 0.3) is 11.5 Å². The predicted octanol–water partition coefficient (Wildman–Crippen LogP) is 2.36. The van der Waals surface area contributed by atoms with Crippen LogP contribution in [-0.4, -0.2) is 20.4 Å². The molecular formula is C20H20N4O3. The van der Waals surface area contributed by atoms with E-state index in [1.807, 2.05) is 32.0 Å². The van der Waals surface area contributed by atoms with Crippen LogP contribution in [0.3, 0.4) is 0 Å². The standard InChI is InChI=1S/C20H20N4O3/c1-13(2)15-8-3-4-9-17(15)23-18(25)16-11-22-20(27)24(19(16)26)12-14-7-5-6-10-21-14/h3-11,13H,12H2,1-2H3,(H,22,27)(H,23,25). The van der Waals surface area contributed by atoms with Gasteiger partial charge in [-0.1, -0.05) is 38.1 Å². The molecule has 27 heavy (non-hydrogen) atoms. The fraction of sp³-hybridized carbons (Fsp3) is 0.200. The zero-order valence-electron chi connectivity index (χ0n) is 15.1. The van der Waals surface area contributed by atoms with Crippen LogP contribution >= 0.6 is 0 Å². The molecule has 3 aromatic rings. The number of anilines is 1. The van der Waals surface area contributed by atoms with Crippen LogP contribution in [0.4, 0.5) is 5.69 Å². The maximum atomic E-state index is 12.7. The van der Waals surface area contributed by atoms with E-state index in [9.17, 15) is 14.4 Å². The Bertz CT molecular complexity index is 1070. The number of aromatic amines is 1. The van der Waals surface area contributed by atoms with Gasteiger partial charge in [-0.15, -0.1) is 0 Å². The fourth-order valence-electron chi connectivity index (χ4n) is 2.78. The number of nitrogens with zero attached hydrogens (tertiary/aromatic N) is 2. The Morgan fingerprint density at radius 2 is 1.89 bits per heavy atom. The van der Waals surface area contributed by atoms with Crippen molar-refractivity contribution in [1.29, 1.82) is 0 Å². The lowest BCUT2D eigenvalue weighted by atomic mass is 10.0. The molecule has 0 bridgehead atoms. The van der Waals surface area contributed by atoms with E-state index in [4.69, 9.17) is 0 Å². The molecule has 0 fully saturated rings. The van der Waals surface area contributed by atoms with Gasteiger partial charge >= 0.3 is 5.69 Å². The third-order valence-corrected chi connectivity index (χ3v) is 4.18.